The van der Waals surface area contributed by atoms with Crippen LogP contribution < -0.4 is 10.6 Å². The highest BCUT2D eigenvalue weighted by Gasteiger charge is 2.64. The number of hydrogen-bond acceptors (Lipinski definition) is 12. The molecule has 1 unspecified atom stereocenters. The van der Waals surface area contributed by atoms with E-state index < -0.39 is 87.2 Å². The number of likely N-dealkylation sites (N-methyl/N-ethyl adjacent to an activating group) is 1. The molecule has 262 valence electrons. The number of benzene rings is 1. The van der Waals surface area contributed by atoms with Gasteiger partial charge in [0.1, 0.15) is 22.8 Å². The molecular formula is C34H46N4O10. The van der Waals surface area contributed by atoms with Crippen molar-refractivity contribution in [2.45, 2.75) is 71.8 Å². The topological polar surface area (TPSA) is 211 Å². The van der Waals surface area contributed by atoms with E-state index in [-0.39, 0.29) is 42.6 Å². The molecule has 0 spiro atoms. The molecule has 4 rings (SSSR count). The molecule has 0 aromatic heterocycles. The second kappa shape index (κ2) is 12.5. The molecule has 1 aromatic carbocycles. The summed E-state index contributed by atoms with van der Waals surface area (Å²) in [5.74, 6) is -8.51. The number of primary amides is 1. The number of Topliss-reactive ketones (excluding diaryl/α,β-unsaturated/α-hetero) is 2. The van der Waals surface area contributed by atoms with Gasteiger partial charge in [-0.05, 0) is 56.8 Å². The number of aliphatic hydroxyl groups excluding tert-OH is 2. The predicted octanol–water partition coefficient (Wildman–Crippen LogP) is 1.36. The minimum atomic E-state index is -2.76. The lowest BCUT2D eigenvalue weighted by molar-refractivity contribution is -0.158. The van der Waals surface area contributed by atoms with Crippen LogP contribution in [0.1, 0.15) is 57.7 Å². The van der Waals surface area contributed by atoms with Crippen molar-refractivity contribution in [1.82, 2.24) is 9.80 Å². The Balaban J connectivity index is 1.92. The predicted molar refractivity (Wildman–Crippen MR) is 175 cm³/mol. The van der Waals surface area contributed by atoms with Crippen LogP contribution in [-0.4, -0.2) is 112 Å². The second-order valence-electron chi connectivity index (χ2n) is 14.6. The third-order valence-electron chi connectivity index (χ3n) is 9.29. The number of rotatable bonds is 8. The average Bonchev–Trinajstić information content (AvgIpc) is 2.93. The van der Waals surface area contributed by atoms with E-state index >= 15 is 0 Å². The van der Waals surface area contributed by atoms with Crippen LogP contribution in [-0.2, 0) is 41.7 Å². The lowest BCUT2D eigenvalue weighted by atomic mass is 9.57. The van der Waals surface area contributed by atoms with Crippen molar-refractivity contribution < 1.29 is 49.1 Å². The van der Waals surface area contributed by atoms with Crippen LogP contribution in [0.2, 0.25) is 0 Å². The molecule has 3 aliphatic rings. The van der Waals surface area contributed by atoms with Crippen LogP contribution in [0, 0.1) is 17.3 Å². The lowest BCUT2D eigenvalue weighted by Crippen LogP contribution is -2.65. The van der Waals surface area contributed by atoms with Crippen molar-refractivity contribution in [2.75, 3.05) is 39.6 Å². The largest absolute Gasteiger partial charge is 0.508 e. The number of carbonyl (C=O) groups is 5. The van der Waals surface area contributed by atoms with Gasteiger partial charge >= 0.3 is 5.97 Å². The monoisotopic (exact) mass is 670 g/mol. The third-order valence-corrected chi connectivity index (χ3v) is 9.29. The van der Waals surface area contributed by atoms with Gasteiger partial charge in [-0.15, -0.1) is 0 Å². The van der Waals surface area contributed by atoms with Crippen LogP contribution in [0.5, 0.6) is 5.75 Å². The summed E-state index contributed by atoms with van der Waals surface area (Å²) in [6.07, 6.45) is -1.03. The van der Waals surface area contributed by atoms with Crippen LogP contribution in [0.3, 0.4) is 0 Å². The Hall–Kier alpha value is -4.43. The fourth-order valence-corrected chi connectivity index (χ4v) is 7.41. The number of nitrogens with two attached hydrogens (primary N) is 1. The Morgan fingerprint density at radius 1 is 1.10 bits per heavy atom. The normalized spacial score (nSPS) is 24.5. The van der Waals surface area contributed by atoms with Crippen LogP contribution in [0.4, 0.5) is 5.69 Å². The lowest BCUT2D eigenvalue weighted by Gasteiger charge is -2.50. The number of esters is 1. The maximum Gasteiger partial charge on any atom is 0.303 e. The van der Waals surface area contributed by atoms with Gasteiger partial charge in [-0.25, -0.2) is 0 Å². The first-order valence-corrected chi connectivity index (χ1v) is 15.7. The minimum absolute atomic E-state index is 0.0386. The highest BCUT2D eigenvalue weighted by Crippen LogP contribution is 2.54. The zero-order valence-electron chi connectivity index (χ0n) is 28.9. The first kappa shape index (κ1) is 36.4. The first-order valence-electron chi connectivity index (χ1n) is 15.7. The Bertz CT molecular complexity index is 1650. The molecule has 14 heteroatoms. The van der Waals surface area contributed by atoms with E-state index in [0.717, 1.165) is 0 Å². The molecule has 0 bridgehead atoms. The summed E-state index contributed by atoms with van der Waals surface area (Å²) >= 11 is 0. The van der Waals surface area contributed by atoms with Gasteiger partial charge in [0.25, 0.3) is 11.8 Å². The van der Waals surface area contributed by atoms with Gasteiger partial charge in [0, 0.05) is 56.9 Å². The standard InChI is InChI=1S/C34H46N4O10/c1-15(48-16(2)39)32(46)38(14-33(3,4)5)13-18-12-21(36(6)7)19-10-17-11-20-25(37(8)9)28(42)24(31(35)45)30(44)34(20,47)29(43)22(17)27(41)23(19)26(18)40/h12,15,17,20,25,40-41,44,47H,10-11,13-14H2,1-9H3,(H2,35,45)/t15?,17-,20-,25+,34-/m0/s1. The summed E-state index contributed by atoms with van der Waals surface area (Å²) in [6, 6.07) is 0.500. The van der Waals surface area contributed by atoms with E-state index in [1.807, 2.05) is 20.8 Å². The van der Waals surface area contributed by atoms with Crippen LogP contribution in [0.15, 0.2) is 23.0 Å². The summed E-state index contributed by atoms with van der Waals surface area (Å²) in [5, 5.41) is 46.6. The van der Waals surface area contributed by atoms with E-state index in [2.05, 4.69) is 0 Å². The fourth-order valence-electron chi connectivity index (χ4n) is 7.41. The minimum Gasteiger partial charge on any atom is -0.508 e. The zero-order valence-corrected chi connectivity index (χ0v) is 28.9. The summed E-state index contributed by atoms with van der Waals surface area (Å²) in [6.45, 7) is 8.46. The van der Waals surface area contributed by atoms with Crippen molar-refractivity contribution in [1.29, 1.82) is 0 Å². The van der Waals surface area contributed by atoms with Crippen molar-refractivity contribution in [2.24, 2.45) is 23.0 Å². The number of ketones is 2. The SMILES string of the molecule is CC(=O)OC(C)C(=O)N(Cc1cc(N(C)C)c2c(c1O)C(O)=C1C(=O)[C@]3(O)C(O)=C(C(N)=O)C(=O)[C@H](N(C)C)[C@@H]3C[C@@H]1C2)CC(C)(C)C. The number of fused-ring (bicyclic) bond motifs is 3. The maximum atomic E-state index is 14.3. The van der Waals surface area contributed by atoms with Gasteiger partial charge in [-0.3, -0.25) is 28.9 Å². The molecule has 1 aromatic rings. The Labute approximate surface area is 279 Å². The molecule has 1 fully saturated rings. The number of carbonyl (C=O) groups excluding carboxylic acids is 5. The molecule has 3 aliphatic carbocycles. The van der Waals surface area contributed by atoms with E-state index in [0.29, 0.717) is 11.3 Å². The molecule has 0 saturated heterocycles. The number of phenolic OH excluding ortho intramolecular Hbond substituents is 1. The Morgan fingerprint density at radius 3 is 2.21 bits per heavy atom. The average molecular weight is 671 g/mol. The summed E-state index contributed by atoms with van der Waals surface area (Å²) in [5.41, 5.74) is 2.31. The Kier molecular flexibility index (Phi) is 9.52. The second-order valence-corrected chi connectivity index (χ2v) is 14.6. The first-order chi connectivity index (χ1) is 22.0. The molecule has 1 saturated carbocycles. The van der Waals surface area contributed by atoms with Crippen molar-refractivity contribution >= 4 is 40.8 Å². The summed E-state index contributed by atoms with van der Waals surface area (Å²) < 4.78 is 5.14. The van der Waals surface area contributed by atoms with Crippen molar-refractivity contribution in [3.05, 3.63) is 39.7 Å². The van der Waals surface area contributed by atoms with Crippen molar-refractivity contribution in [3.63, 3.8) is 0 Å². The molecular weight excluding hydrogens is 624 g/mol. The number of ether oxygens (including phenoxy) is 1. The van der Waals surface area contributed by atoms with Gasteiger partial charge in [0.05, 0.1) is 11.6 Å². The molecule has 0 heterocycles. The van der Waals surface area contributed by atoms with E-state index in [1.165, 1.54) is 37.7 Å². The summed E-state index contributed by atoms with van der Waals surface area (Å²) in [7, 11) is 6.60. The van der Waals surface area contributed by atoms with Gasteiger partial charge in [-0.2, -0.15) is 0 Å². The fraction of sp³-hybridized carbons (Fsp3) is 0.559. The van der Waals surface area contributed by atoms with Gasteiger partial charge in [0.15, 0.2) is 17.5 Å². The summed E-state index contributed by atoms with van der Waals surface area (Å²) in [4.78, 5) is 69.6. The number of aromatic hydroxyl groups is 1. The zero-order chi connectivity index (χ0) is 36.4. The van der Waals surface area contributed by atoms with Crippen LogP contribution >= 0.6 is 0 Å². The molecule has 6 N–H and O–H groups in total. The molecule has 2 amide bonds. The van der Waals surface area contributed by atoms with Crippen molar-refractivity contribution in [3.8, 4) is 5.75 Å². The Morgan fingerprint density at radius 2 is 1.71 bits per heavy atom. The third kappa shape index (κ3) is 6.02. The number of nitrogens with zero attached hydrogens (tertiary/aromatic N) is 3. The molecule has 14 nitrogen and oxygen atoms in total. The number of aliphatic hydroxyl groups is 3. The molecule has 0 aliphatic heterocycles. The van der Waals surface area contributed by atoms with E-state index in [4.69, 9.17) is 10.5 Å². The number of amides is 2. The highest BCUT2D eigenvalue weighted by atomic mass is 16.5. The smallest absolute Gasteiger partial charge is 0.303 e. The van der Waals surface area contributed by atoms with E-state index in [1.54, 1.807) is 25.1 Å². The molecule has 48 heavy (non-hydrogen) atoms. The highest BCUT2D eigenvalue weighted by molar-refractivity contribution is 6.24. The van der Waals surface area contributed by atoms with Gasteiger partial charge in [0.2, 0.25) is 5.78 Å². The number of anilines is 1. The molecule has 0 radical (unpaired) electrons. The number of hydrogen-bond donors (Lipinski definition) is 5. The molecule has 5 atom stereocenters. The number of phenols is 1. The van der Waals surface area contributed by atoms with Gasteiger partial charge in [-0.1, -0.05) is 20.8 Å². The van der Waals surface area contributed by atoms with E-state index in [9.17, 15) is 44.4 Å². The van der Waals surface area contributed by atoms with Gasteiger partial charge < -0.3 is 40.7 Å². The maximum absolute atomic E-state index is 14.3. The quantitative estimate of drug-likeness (QED) is 0.196. The van der Waals surface area contributed by atoms with Crippen LogP contribution in [0.25, 0.3) is 5.76 Å².